The Morgan fingerprint density at radius 2 is 1.72 bits per heavy atom. The third-order valence-corrected chi connectivity index (χ3v) is 4.19. The molecule has 1 radical (unpaired) electrons. The molecular formula is C19H10F5N5NaO2. The molecule has 4 rings (SSSR count). The van der Waals surface area contributed by atoms with E-state index in [1.54, 1.807) is 0 Å². The van der Waals surface area contributed by atoms with Crippen LogP contribution in [0.4, 0.5) is 27.8 Å². The fraction of sp³-hybridized carbons (Fsp3) is 0.0526. The molecule has 159 valence electrons. The average molecular weight is 458 g/mol. The van der Waals surface area contributed by atoms with Crippen LogP contribution in [0.15, 0.2) is 48.8 Å². The van der Waals surface area contributed by atoms with E-state index in [-0.39, 0.29) is 58.0 Å². The molecule has 2 aromatic heterocycles. The minimum absolute atomic E-state index is 0. The first-order valence-corrected chi connectivity index (χ1v) is 8.51. The summed E-state index contributed by atoms with van der Waals surface area (Å²) in [6.07, 6.45) is -2.99. The topological polar surface area (TPSA) is 92.9 Å². The summed E-state index contributed by atoms with van der Waals surface area (Å²) in [7, 11) is 0. The number of imidazole rings is 1. The van der Waals surface area contributed by atoms with Crippen LogP contribution in [0.1, 0.15) is 16.2 Å². The zero-order valence-corrected chi connectivity index (χ0v) is 18.2. The number of nitrogens with zero attached hydrogens (tertiary/aromatic N) is 4. The number of phenols is 1. The molecule has 7 nitrogen and oxygen atoms in total. The summed E-state index contributed by atoms with van der Waals surface area (Å²) < 4.78 is 68.5. The first kappa shape index (κ1) is 23.6. The first-order chi connectivity index (χ1) is 14.6. The minimum Gasteiger partial charge on any atom is -0.508 e. The van der Waals surface area contributed by atoms with E-state index in [0.29, 0.717) is 4.57 Å². The largest absolute Gasteiger partial charge is 0.508 e. The van der Waals surface area contributed by atoms with Gasteiger partial charge in [-0.2, -0.15) is 13.2 Å². The van der Waals surface area contributed by atoms with Gasteiger partial charge in [0, 0.05) is 35.6 Å². The van der Waals surface area contributed by atoms with Gasteiger partial charge in [-0.3, -0.25) is 9.36 Å². The predicted molar refractivity (Wildman–Crippen MR) is 103 cm³/mol. The van der Waals surface area contributed by atoms with E-state index >= 15 is 0 Å². The standard InChI is InChI=1S/C19H10F5N5O2.Na/c20-10-2-1-3-11(21)16(10)17(31)28-14-7-26-15(8-25-14)29-13-5-4-9(30)6-12(13)27-18(29)19(22,23)24;/h1-8,30H,(H,25,28,31);. The van der Waals surface area contributed by atoms with Crippen molar-refractivity contribution in [3.63, 3.8) is 0 Å². The van der Waals surface area contributed by atoms with Gasteiger partial charge < -0.3 is 10.4 Å². The second-order valence-corrected chi connectivity index (χ2v) is 6.25. The molecule has 2 N–H and O–H groups in total. The van der Waals surface area contributed by atoms with Gasteiger partial charge in [-0.25, -0.2) is 23.7 Å². The SMILES string of the molecule is O=C(Nc1cnc(-n2c(C(F)(F)F)nc3cc(O)ccc32)cn1)c1c(F)cccc1F.[Na]. The van der Waals surface area contributed by atoms with Gasteiger partial charge in [0.15, 0.2) is 11.6 Å². The Morgan fingerprint density at radius 1 is 1.03 bits per heavy atom. The Hall–Kier alpha value is -3.09. The van der Waals surface area contributed by atoms with Gasteiger partial charge in [0.2, 0.25) is 5.82 Å². The monoisotopic (exact) mass is 458 g/mol. The van der Waals surface area contributed by atoms with Gasteiger partial charge in [0.05, 0.1) is 23.4 Å². The molecule has 0 aliphatic heterocycles. The Bertz CT molecular complexity index is 1290. The Balaban J connectivity index is 0.00000289. The van der Waals surface area contributed by atoms with Crippen molar-refractivity contribution in [3.05, 3.63) is 71.8 Å². The number of carbonyl (C=O) groups is 1. The third kappa shape index (κ3) is 4.42. The molecule has 0 fully saturated rings. The van der Waals surface area contributed by atoms with Crippen LogP contribution in [0.5, 0.6) is 5.75 Å². The van der Waals surface area contributed by atoms with E-state index in [4.69, 9.17) is 0 Å². The number of fused-ring (bicyclic) bond motifs is 1. The fourth-order valence-electron chi connectivity index (χ4n) is 2.89. The van der Waals surface area contributed by atoms with Crippen molar-refractivity contribution in [3.8, 4) is 11.6 Å². The van der Waals surface area contributed by atoms with Gasteiger partial charge in [-0.05, 0) is 24.3 Å². The Labute approximate surface area is 198 Å². The fourth-order valence-corrected chi connectivity index (χ4v) is 2.89. The molecule has 0 unspecified atom stereocenters. The summed E-state index contributed by atoms with van der Waals surface area (Å²) in [6, 6.07) is 6.35. The molecule has 13 heteroatoms. The molecule has 2 heterocycles. The van der Waals surface area contributed by atoms with Gasteiger partial charge in [-0.15, -0.1) is 0 Å². The molecule has 0 bridgehead atoms. The van der Waals surface area contributed by atoms with Crippen LogP contribution in [-0.4, -0.2) is 60.1 Å². The molecular weight excluding hydrogens is 448 g/mol. The number of halogens is 5. The van der Waals surface area contributed by atoms with Crippen molar-refractivity contribution < 1.29 is 31.9 Å². The van der Waals surface area contributed by atoms with Crippen LogP contribution in [0.3, 0.4) is 0 Å². The predicted octanol–water partition coefficient (Wildman–Crippen LogP) is 3.69. The number of aromatic nitrogens is 4. The van der Waals surface area contributed by atoms with Gasteiger partial charge in [0.1, 0.15) is 22.9 Å². The van der Waals surface area contributed by atoms with Crippen LogP contribution < -0.4 is 5.32 Å². The van der Waals surface area contributed by atoms with E-state index in [2.05, 4.69) is 20.3 Å². The van der Waals surface area contributed by atoms with Crippen LogP contribution in [0.2, 0.25) is 0 Å². The summed E-state index contributed by atoms with van der Waals surface area (Å²) in [5.41, 5.74) is -0.959. The van der Waals surface area contributed by atoms with Crippen molar-refractivity contribution in [1.82, 2.24) is 19.5 Å². The van der Waals surface area contributed by atoms with Crippen molar-refractivity contribution in [1.29, 1.82) is 0 Å². The number of hydrogen-bond donors (Lipinski definition) is 2. The molecule has 0 atom stereocenters. The zero-order chi connectivity index (χ0) is 22.3. The van der Waals surface area contributed by atoms with Crippen molar-refractivity contribution in [2.45, 2.75) is 6.18 Å². The molecule has 0 aliphatic carbocycles. The number of anilines is 1. The summed E-state index contributed by atoms with van der Waals surface area (Å²) in [5, 5.41) is 11.6. The van der Waals surface area contributed by atoms with Crippen molar-refractivity contribution >= 4 is 52.3 Å². The van der Waals surface area contributed by atoms with Crippen molar-refractivity contribution in [2.75, 3.05) is 5.32 Å². The molecule has 0 saturated heterocycles. The molecule has 0 spiro atoms. The zero-order valence-electron chi connectivity index (χ0n) is 16.2. The third-order valence-electron chi connectivity index (χ3n) is 4.19. The number of alkyl halides is 3. The molecule has 2 aromatic carbocycles. The number of nitrogens with one attached hydrogen (secondary N) is 1. The van der Waals surface area contributed by atoms with E-state index in [1.165, 1.54) is 12.1 Å². The maximum absolute atomic E-state index is 13.7. The summed E-state index contributed by atoms with van der Waals surface area (Å²) >= 11 is 0. The van der Waals surface area contributed by atoms with E-state index < -0.39 is 35.1 Å². The van der Waals surface area contributed by atoms with Crippen molar-refractivity contribution in [2.24, 2.45) is 0 Å². The van der Waals surface area contributed by atoms with Crippen LogP contribution in [0, 0.1) is 11.6 Å². The first-order valence-electron chi connectivity index (χ1n) is 8.51. The maximum atomic E-state index is 13.7. The average Bonchev–Trinajstić information content (AvgIpc) is 3.07. The minimum atomic E-state index is -4.84. The molecule has 32 heavy (non-hydrogen) atoms. The number of carbonyl (C=O) groups excluding carboxylic acids is 1. The molecule has 1 amide bonds. The molecule has 0 saturated carbocycles. The van der Waals surface area contributed by atoms with Gasteiger partial charge in [0.25, 0.3) is 5.91 Å². The van der Waals surface area contributed by atoms with E-state index in [1.807, 2.05) is 0 Å². The number of phenolic OH excluding ortho intramolecular Hbond substituents is 1. The van der Waals surface area contributed by atoms with Gasteiger partial charge >= 0.3 is 6.18 Å². The summed E-state index contributed by atoms with van der Waals surface area (Å²) in [6.45, 7) is 0. The Morgan fingerprint density at radius 3 is 2.31 bits per heavy atom. The van der Waals surface area contributed by atoms with Gasteiger partial charge in [-0.1, -0.05) is 6.07 Å². The second kappa shape index (κ2) is 8.81. The summed E-state index contributed by atoms with van der Waals surface area (Å²) in [4.78, 5) is 23.3. The smallest absolute Gasteiger partial charge is 0.450 e. The maximum Gasteiger partial charge on any atom is 0.450 e. The number of hydrogen-bond acceptors (Lipinski definition) is 5. The van der Waals surface area contributed by atoms with Crippen LogP contribution in [0.25, 0.3) is 16.9 Å². The number of benzene rings is 2. The second-order valence-electron chi connectivity index (χ2n) is 6.25. The normalized spacial score (nSPS) is 11.3. The van der Waals surface area contributed by atoms with Crippen LogP contribution >= 0.6 is 0 Å². The van der Waals surface area contributed by atoms with E-state index in [0.717, 1.165) is 36.7 Å². The van der Waals surface area contributed by atoms with E-state index in [9.17, 15) is 31.9 Å². The summed E-state index contributed by atoms with van der Waals surface area (Å²) in [5.74, 6) is -5.42. The Kier molecular flexibility index (Phi) is 6.49. The molecule has 0 aliphatic rings. The molecule has 4 aromatic rings. The number of amides is 1. The quantitative estimate of drug-likeness (QED) is 0.361. The number of aromatic hydroxyl groups is 1. The number of rotatable bonds is 3. The van der Waals surface area contributed by atoms with Crippen LogP contribution in [-0.2, 0) is 6.18 Å².